The second-order valence-electron chi connectivity index (χ2n) is 4.73. The van der Waals surface area contributed by atoms with Gasteiger partial charge in [-0.2, -0.15) is 0 Å². The van der Waals surface area contributed by atoms with Gasteiger partial charge in [0.05, 0.1) is 15.8 Å². The second-order valence-corrected chi connectivity index (χ2v) is 7.24. The Morgan fingerprint density at radius 1 is 1.57 bits per heavy atom. The van der Waals surface area contributed by atoms with Crippen LogP contribution in [0, 0.1) is 5.92 Å². The van der Waals surface area contributed by atoms with Crippen molar-refractivity contribution in [3.8, 4) is 0 Å². The molecule has 1 unspecified atom stereocenters. The summed E-state index contributed by atoms with van der Waals surface area (Å²) < 4.78 is 22.4. The highest BCUT2D eigenvalue weighted by molar-refractivity contribution is 9.10. The third kappa shape index (κ3) is 3.77. The smallest absolute Gasteiger partial charge is 0.337 e. The predicted molar refractivity (Wildman–Crippen MR) is 77.3 cm³/mol. The van der Waals surface area contributed by atoms with Crippen molar-refractivity contribution in [2.45, 2.75) is 6.42 Å². The SMILES string of the molecule is NS(=O)(=O)CC1CC(=O)N(c2cc(C(=O)O)c(Br)cn2)C1. The molecule has 1 aromatic heterocycles. The summed E-state index contributed by atoms with van der Waals surface area (Å²) in [5.74, 6) is -2.01. The van der Waals surface area contributed by atoms with Crippen molar-refractivity contribution in [3.63, 3.8) is 0 Å². The van der Waals surface area contributed by atoms with E-state index in [0.29, 0.717) is 4.47 Å². The van der Waals surface area contributed by atoms with Crippen molar-refractivity contribution < 1.29 is 23.1 Å². The van der Waals surface area contributed by atoms with Crippen LogP contribution in [0.4, 0.5) is 5.82 Å². The number of carboxylic acids is 1. The van der Waals surface area contributed by atoms with Crippen molar-refractivity contribution in [1.82, 2.24) is 4.98 Å². The Balaban J connectivity index is 2.25. The van der Waals surface area contributed by atoms with Crippen molar-refractivity contribution >= 4 is 43.6 Å². The van der Waals surface area contributed by atoms with Crippen molar-refractivity contribution in [1.29, 1.82) is 0 Å². The number of nitrogens with two attached hydrogens (primary N) is 1. The highest BCUT2D eigenvalue weighted by atomic mass is 79.9. The van der Waals surface area contributed by atoms with Crippen molar-refractivity contribution in [3.05, 3.63) is 22.3 Å². The second kappa shape index (κ2) is 5.70. The Kier molecular flexibility index (Phi) is 4.30. The summed E-state index contributed by atoms with van der Waals surface area (Å²) in [7, 11) is -3.67. The molecule has 0 bridgehead atoms. The summed E-state index contributed by atoms with van der Waals surface area (Å²) in [5, 5.41) is 14.0. The summed E-state index contributed by atoms with van der Waals surface area (Å²) in [4.78, 5) is 28.3. The standard InChI is InChI=1S/C11H12BrN3O5S/c12-8-3-14-9(2-7(8)11(17)18)15-4-6(1-10(15)16)5-21(13,19)20/h2-3,6H,1,4-5H2,(H,17,18)(H2,13,19,20). The van der Waals surface area contributed by atoms with E-state index in [0.717, 1.165) is 0 Å². The van der Waals surface area contributed by atoms with Crippen LogP contribution in [0.25, 0.3) is 0 Å². The number of pyridine rings is 1. The van der Waals surface area contributed by atoms with Gasteiger partial charge in [0, 0.05) is 25.1 Å². The first-order valence-electron chi connectivity index (χ1n) is 5.87. The lowest BCUT2D eigenvalue weighted by Gasteiger charge is -2.16. The minimum Gasteiger partial charge on any atom is -0.478 e. The summed E-state index contributed by atoms with van der Waals surface area (Å²) in [6.45, 7) is 0.142. The van der Waals surface area contributed by atoms with Crippen LogP contribution >= 0.6 is 15.9 Å². The summed E-state index contributed by atoms with van der Waals surface area (Å²) in [6.07, 6.45) is 1.33. The quantitative estimate of drug-likeness (QED) is 0.769. The third-order valence-electron chi connectivity index (χ3n) is 3.02. The van der Waals surface area contributed by atoms with Crippen LogP contribution in [0.2, 0.25) is 0 Å². The minimum atomic E-state index is -3.67. The van der Waals surface area contributed by atoms with Gasteiger partial charge in [0.25, 0.3) is 0 Å². The van der Waals surface area contributed by atoms with E-state index in [1.165, 1.54) is 17.2 Å². The zero-order valence-electron chi connectivity index (χ0n) is 10.7. The maximum Gasteiger partial charge on any atom is 0.337 e. The molecule has 0 radical (unpaired) electrons. The Hall–Kier alpha value is -1.52. The molecule has 0 saturated carbocycles. The molecule has 0 aromatic carbocycles. The van der Waals surface area contributed by atoms with Crippen LogP contribution in [0.1, 0.15) is 16.8 Å². The Morgan fingerprint density at radius 2 is 2.24 bits per heavy atom. The largest absolute Gasteiger partial charge is 0.478 e. The van der Waals surface area contributed by atoms with E-state index >= 15 is 0 Å². The number of carbonyl (C=O) groups excluding carboxylic acids is 1. The van der Waals surface area contributed by atoms with Gasteiger partial charge in [-0.05, 0) is 22.0 Å². The van der Waals surface area contributed by atoms with Gasteiger partial charge in [0.2, 0.25) is 15.9 Å². The number of rotatable bonds is 4. The first kappa shape index (κ1) is 15.9. The number of carboxylic acid groups (broad SMARTS) is 1. The van der Waals surface area contributed by atoms with Gasteiger partial charge in [0.1, 0.15) is 5.82 Å². The molecule has 1 atom stereocenters. The molecular formula is C11H12BrN3O5S. The van der Waals surface area contributed by atoms with E-state index in [4.69, 9.17) is 10.2 Å². The lowest BCUT2D eigenvalue weighted by molar-refractivity contribution is -0.117. The lowest BCUT2D eigenvalue weighted by atomic mass is 10.1. The number of carbonyl (C=O) groups is 2. The van der Waals surface area contributed by atoms with Crippen molar-refractivity contribution in [2.75, 3.05) is 17.2 Å². The molecule has 2 rings (SSSR count). The van der Waals surface area contributed by atoms with Gasteiger partial charge < -0.3 is 5.11 Å². The normalized spacial score (nSPS) is 19.0. The summed E-state index contributed by atoms with van der Waals surface area (Å²) in [6, 6.07) is 1.27. The van der Waals surface area contributed by atoms with E-state index < -0.39 is 21.9 Å². The van der Waals surface area contributed by atoms with Gasteiger partial charge in [-0.1, -0.05) is 0 Å². The molecule has 1 amide bonds. The van der Waals surface area contributed by atoms with Gasteiger partial charge in [0.15, 0.2) is 0 Å². The number of aromatic carboxylic acids is 1. The zero-order valence-corrected chi connectivity index (χ0v) is 13.1. The van der Waals surface area contributed by atoms with E-state index in [1.54, 1.807) is 0 Å². The molecule has 8 nitrogen and oxygen atoms in total. The number of primary sulfonamides is 1. The van der Waals surface area contributed by atoms with E-state index in [-0.39, 0.29) is 36.0 Å². The average Bonchev–Trinajstić information content (AvgIpc) is 2.68. The van der Waals surface area contributed by atoms with Crippen LogP contribution in [0.3, 0.4) is 0 Å². The van der Waals surface area contributed by atoms with Crippen LogP contribution < -0.4 is 10.0 Å². The molecule has 1 aliphatic rings. The number of hydrogen-bond donors (Lipinski definition) is 2. The maximum absolute atomic E-state index is 11.9. The molecule has 10 heteroatoms. The van der Waals surface area contributed by atoms with Crippen LogP contribution in [-0.4, -0.2) is 42.7 Å². The van der Waals surface area contributed by atoms with Gasteiger partial charge >= 0.3 is 5.97 Å². The fourth-order valence-electron chi connectivity index (χ4n) is 2.18. The molecule has 2 heterocycles. The van der Waals surface area contributed by atoms with E-state index in [1.807, 2.05) is 0 Å². The lowest BCUT2D eigenvalue weighted by Crippen LogP contribution is -2.28. The molecule has 1 saturated heterocycles. The van der Waals surface area contributed by atoms with E-state index in [9.17, 15) is 18.0 Å². The number of amides is 1. The minimum absolute atomic E-state index is 0.0253. The highest BCUT2D eigenvalue weighted by Crippen LogP contribution is 2.27. The number of halogens is 1. The highest BCUT2D eigenvalue weighted by Gasteiger charge is 2.33. The molecule has 3 N–H and O–H groups in total. The van der Waals surface area contributed by atoms with Gasteiger partial charge in [-0.15, -0.1) is 0 Å². The molecule has 0 aliphatic carbocycles. The summed E-state index contributed by atoms with van der Waals surface area (Å²) >= 11 is 3.06. The topological polar surface area (TPSA) is 131 Å². The van der Waals surface area contributed by atoms with Gasteiger partial charge in [-0.25, -0.2) is 23.3 Å². The van der Waals surface area contributed by atoms with Crippen LogP contribution in [0.5, 0.6) is 0 Å². The fraction of sp³-hybridized carbons (Fsp3) is 0.364. The number of hydrogen-bond acceptors (Lipinski definition) is 5. The molecule has 114 valence electrons. The predicted octanol–water partition coefficient (Wildman–Crippen LogP) is 0.184. The molecule has 1 aliphatic heterocycles. The maximum atomic E-state index is 11.9. The number of aromatic nitrogens is 1. The molecule has 1 aromatic rings. The molecule has 0 spiro atoms. The first-order valence-corrected chi connectivity index (χ1v) is 8.38. The molecule has 21 heavy (non-hydrogen) atoms. The average molecular weight is 378 g/mol. The molecular weight excluding hydrogens is 366 g/mol. The summed E-state index contributed by atoms with van der Waals surface area (Å²) in [5.41, 5.74) is -0.0253. The van der Waals surface area contributed by atoms with Crippen molar-refractivity contribution in [2.24, 2.45) is 11.1 Å². The third-order valence-corrected chi connectivity index (χ3v) is 4.59. The first-order chi connectivity index (χ1) is 9.67. The van der Waals surface area contributed by atoms with Crippen LogP contribution in [-0.2, 0) is 14.8 Å². The fourth-order valence-corrected chi connectivity index (χ4v) is 3.45. The monoisotopic (exact) mass is 377 g/mol. The van der Waals surface area contributed by atoms with Crippen LogP contribution in [0.15, 0.2) is 16.7 Å². The number of nitrogens with zero attached hydrogens (tertiary/aromatic N) is 2. The Labute approximate surface area is 129 Å². The Bertz CT molecular complexity index is 706. The van der Waals surface area contributed by atoms with E-state index in [2.05, 4.69) is 20.9 Å². The Morgan fingerprint density at radius 3 is 2.81 bits per heavy atom. The molecule has 1 fully saturated rings. The number of anilines is 1. The number of sulfonamides is 1. The zero-order chi connectivity index (χ0) is 15.8. The van der Waals surface area contributed by atoms with Gasteiger partial charge in [-0.3, -0.25) is 9.69 Å².